The Morgan fingerprint density at radius 1 is 1.31 bits per heavy atom. The van der Waals surface area contributed by atoms with E-state index in [4.69, 9.17) is 0 Å². The molecule has 0 N–H and O–H groups in total. The van der Waals surface area contributed by atoms with Gasteiger partial charge in [-0.15, -0.1) is 0 Å². The Balaban J connectivity index is 2.14. The molecule has 1 aromatic heterocycles. The highest BCUT2D eigenvalue weighted by atomic mass is 16.2. The summed E-state index contributed by atoms with van der Waals surface area (Å²) in [6, 6.07) is 9.77. The van der Waals surface area contributed by atoms with E-state index in [0.29, 0.717) is 18.4 Å². The maximum Gasteiger partial charge on any atom is 0.228 e. The van der Waals surface area contributed by atoms with E-state index in [-0.39, 0.29) is 0 Å². The van der Waals surface area contributed by atoms with Crippen molar-refractivity contribution in [3.8, 4) is 0 Å². The second-order valence-corrected chi connectivity index (χ2v) is 3.39. The molecule has 0 fully saturated rings. The van der Waals surface area contributed by atoms with Crippen molar-refractivity contribution in [2.75, 3.05) is 0 Å². The molecule has 0 atom stereocenters. The lowest BCUT2D eigenvalue weighted by molar-refractivity contribution is -0.104. The summed E-state index contributed by atoms with van der Waals surface area (Å²) < 4.78 is 1.63. The monoisotopic (exact) mass is 214 g/mol. The third kappa shape index (κ3) is 2.23. The molecule has 0 saturated heterocycles. The lowest BCUT2D eigenvalue weighted by Gasteiger charge is -2.00. The summed E-state index contributed by atoms with van der Waals surface area (Å²) >= 11 is 0. The van der Waals surface area contributed by atoms with Gasteiger partial charge in [-0.2, -0.15) is 5.10 Å². The van der Waals surface area contributed by atoms with Crippen LogP contribution in [0.3, 0.4) is 0 Å². The van der Waals surface area contributed by atoms with Gasteiger partial charge in [-0.05, 0) is 5.56 Å². The molecule has 0 radical (unpaired) electrons. The van der Waals surface area contributed by atoms with Crippen molar-refractivity contribution in [2.24, 2.45) is 0 Å². The second-order valence-electron chi connectivity index (χ2n) is 3.39. The molecule has 2 rings (SSSR count). The summed E-state index contributed by atoms with van der Waals surface area (Å²) in [6.45, 7) is 0.590. The molecule has 80 valence electrons. The zero-order chi connectivity index (χ0) is 11.4. The first kappa shape index (κ1) is 10.3. The zero-order valence-electron chi connectivity index (χ0n) is 8.54. The van der Waals surface area contributed by atoms with Crippen molar-refractivity contribution in [1.29, 1.82) is 0 Å². The molecular formula is C12H10N2O2. The van der Waals surface area contributed by atoms with E-state index >= 15 is 0 Å². The second kappa shape index (κ2) is 4.53. The van der Waals surface area contributed by atoms with Gasteiger partial charge >= 0.3 is 0 Å². The number of ketones is 1. The van der Waals surface area contributed by atoms with Gasteiger partial charge in [-0.3, -0.25) is 14.3 Å². The number of carbonyl (C=O) groups excluding carboxylic acids is 2. The van der Waals surface area contributed by atoms with Crippen LogP contribution in [0.15, 0.2) is 42.7 Å². The first-order chi connectivity index (χ1) is 7.79. The first-order valence-electron chi connectivity index (χ1n) is 4.85. The molecular weight excluding hydrogens is 204 g/mol. The molecule has 0 aliphatic heterocycles. The van der Waals surface area contributed by atoms with E-state index < -0.39 is 5.78 Å². The predicted octanol–water partition coefficient (Wildman–Crippen LogP) is 1.31. The van der Waals surface area contributed by atoms with Gasteiger partial charge in [0.1, 0.15) is 0 Å². The van der Waals surface area contributed by atoms with Crippen molar-refractivity contribution >= 4 is 12.1 Å². The molecule has 1 aromatic carbocycles. The highest BCUT2D eigenvalue weighted by Crippen LogP contribution is 2.03. The fraction of sp³-hybridized carbons (Fsp3) is 0.0833. The van der Waals surface area contributed by atoms with Crippen LogP contribution in [0, 0.1) is 0 Å². The van der Waals surface area contributed by atoms with E-state index in [1.807, 2.05) is 30.3 Å². The van der Waals surface area contributed by atoms with Crippen LogP contribution < -0.4 is 0 Å². The lowest BCUT2D eigenvalue weighted by atomic mass is 10.2. The van der Waals surface area contributed by atoms with Gasteiger partial charge in [0.15, 0.2) is 6.29 Å². The highest BCUT2D eigenvalue weighted by molar-refractivity contribution is 6.33. The Bertz CT molecular complexity index is 503. The van der Waals surface area contributed by atoms with Gasteiger partial charge in [-0.1, -0.05) is 30.3 Å². The van der Waals surface area contributed by atoms with Crippen LogP contribution in [0.4, 0.5) is 0 Å². The van der Waals surface area contributed by atoms with Gasteiger partial charge in [0, 0.05) is 6.20 Å². The highest BCUT2D eigenvalue weighted by Gasteiger charge is 2.06. The number of aromatic nitrogens is 2. The Morgan fingerprint density at radius 3 is 2.75 bits per heavy atom. The SMILES string of the molecule is O=CC(=O)c1cnn(Cc2ccccc2)c1. The molecule has 4 heteroatoms. The molecule has 16 heavy (non-hydrogen) atoms. The Hall–Kier alpha value is -2.23. The molecule has 0 saturated carbocycles. The van der Waals surface area contributed by atoms with Crippen LogP contribution in [0.25, 0.3) is 0 Å². The van der Waals surface area contributed by atoms with Crippen molar-refractivity contribution in [1.82, 2.24) is 9.78 Å². The maximum absolute atomic E-state index is 11.1. The van der Waals surface area contributed by atoms with E-state index in [9.17, 15) is 9.59 Å². The average molecular weight is 214 g/mol. The number of benzene rings is 1. The maximum atomic E-state index is 11.1. The van der Waals surface area contributed by atoms with E-state index in [1.54, 1.807) is 10.9 Å². The van der Waals surface area contributed by atoms with Gasteiger partial charge < -0.3 is 0 Å². The summed E-state index contributed by atoms with van der Waals surface area (Å²) in [6.07, 6.45) is 3.27. The zero-order valence-corrected chi connectivity index (χ0v) is 8.54. The number of aldehydes is 1. The van der Waals surface area contributed by atoms with Crippen LogP contribution in [-0.2, 0) is 11.3 Å². The van der Waals surface area contributed by atoms with Crippen LogP contribution in [0.1, 0.15) is 15.9 Å². The van der Waals surface area contributed by atoms with Gasteiger partial charge in [0.05, 0.1) is 18.3 Å². The molecule has 4 nitrogen and oxygen atoms in total. The normalized spacial score (nSPS) is 10.0. The number of carbonyl (C=O) groups is 2. The minimum Gasteiger partial charge on any atom is -0.294 e. The average Bonchev–Trinajstić information content (AvgIpc) is 2.78. The molecule has 0 aliphatic carbocycles. The Kier molecular flexibility index (Phi) is 2.91. The number of hydrogen-bond acceptors (Lipinski definition) is 3. The fourth-order valence-corrected chi connectivity index (χ4v) is 1.42. The summed E-state index contributed by atoms with van der Waals surface area (Å²) in [4.78, 5) is 21.3. The molecule has 0 aliphatic rings. The largest absolute Gasteiger partial charge is 0.294 e. The van der Waals surface area contributed by atoms with Gasteiger partial charge in [0.25, 0.3) is 0 Å². The van der Waals surface area contributed by atoms with Crippen molar-refractivity contribution in [2.45, 2.75) is 6.54 Å². The number of hydrogen-bond donors (Lipinski definition) is 0. The molecule has 2 aromatic rings. The Labute approximate surface area is 92.5 Å². The summed E-state index contributed by atoms with van der Waals surface area (Å²) in [7, 11) is 0. The molecule has 0 amide bonds. The van der Waals surface area contributed by atoms with Crippen LogP contribution in [0.5, 0.6) is 0 Å². The third-order valence-corrected chi connectivity index (χ3v) is 2.21. The first-order valence-corrected chi connectivity index (χ1v) is 4.85. The molecule has 0 bridgehead atoms. The van der Waals surface area contributed by atoms with E-state index in [0.717, 1.165) is 5.56 Å². The quantitative estimate of drug-likeness (QED) is 0.438. The summed E-state index contributed by atoms with van der Waals surface area (Å²) in [5.41, 5.74) is 1.42. The molecule has 0 unspecified atom stereocenters. The Morgan fingerprint density at radius 2 is 2.06 bits per heavy atom. The van der Waals surface area contributed by atoms with Crippen LogP contribution in [-0.4, -0.2) is 21.8 Å². The van der Waals surface area contributed by atoms with Gasteiger partial charge in [-0.25, -0.2) is 0 Å². The van der Waals surface area contributed by atoms with Crippen molar-refractivity contribution in [3.05, 3.63) is 53.9 Å². The van der Waals surface area contributed by atoms with E-state index in [1.165, 1.54) is 6.20 Å². The van der Waals surface area contributed by atoms with Crippen LogP contribution >= 0.6 is 0 Å². The third-order valence-electron chi connectivity index (χ3n) is 2.21. The van der Waals surface area contributed by atoms with E-state index in [2.05, 4.69) is 5.10 Å². The van der Waals surface area contributed by atoms with Crippen molar-refractivity contribution in [3.63, 3.8) is 0 Å². The van der Waals surface area contributed by atoms with Crippen LogP contribution in [0.2, 0.25) is 0 Å². The topological polar surface area (TPSA) is 52.0 Å². The standard InChI is InChI=1S/C12H10N2O2/c15-9-12(16)11-6-13-14(8-11)7-10-4-2-1-3-5-10/h1-6,8-9H,7H2. The van der Waals surface area contributed by atoms with Crippen molar-refractivity contribution < 1.29 is 9.59 Å². The molecule has 0 spiro atoms. The number of nitrogens with zero attached hydrogens (tertiary/aromatic N) is 2. The summed E-state index contributed by atoms with van der Waals surface area (Å²) in [5, 5.41) is 4.02. The fourth-order valence-electron chi connectivity index (χ4n) is 1.42. The predicted molar refractivity (Wildman–Crippen MR) is 58.2 cm³/mol. The minimum atomic E-state index is -0.542. The lowest BCUT2D eigenvalue weighted by Crippen LogP contribution is -2.00. The number of Topliss-reactive ketones (excluding diaryl/α,β-unsaturated/α-hetero) is 1. The van der Waals surface area contributed by atoms with Gasteiger partial charge in [0.2, 0.25) is 5.78 Å². The smallest absolute Gasteiger partial charge is 0.228 e. The number of rotatable bonds is 4. The molecule has 1 heterocycles. The summed E-state index contributed by atoms with van der Waals surface area (Å²) in [5.74, 6) is -0.542. The minimum absolute atomic E-state index is 0.296.